The molecule has 0 saturated carbocycles. The second-order valence-corrected chi connectivity index (χ2v) is 6.05. The highest BCUT2D eigenvalue weighted by Crippen LogP contribution is 2.10. The van der Waals surface area contributed by atoms with Crippen LogP contribution < -0.4 is 11.1 Å². The maximum absolute atomic E-state index is 11.9. The van der Waals surface area contributed by atoms with Crippen LogP contribution in [0.3, 0.4) is 0 Å². The van der Waals surface area contributed by atoms with E-state index in [2.05, 4.69) is 26.2 Å². The van der Waals surface area contributed by atoms with Gasteiger partial charge in [-0.05, 0) is 31.2 Å². The molecule has 0 aliphatic carbocycles. The molecule has 1 atom stereocenters. The second-order valence-electron chi connectivity index (χ2n) is 5.13. The van der Waals surface area contributed by atoms with Crippen LogP contribution in [0.2, 0.25) is 0 Å². The molecule has 6 nitrogen and oxygen atoms in total. The van der Waals surface area contributed by atoms with Crippen molar-refractivity contribution in [3.8, 4) is 0 Å². The van der Waals surface area contributed by atoms with Crippen molar-refractivity contribution >= 4 is 27.8 Å². The van der Waals surface area contributed by atoms with E-state index in [4.69, 9.17) is 10.5 Å². The van der Waals surface area contributed by atoms with Crippen molar-refractivity contribution in [3.05, 3.63) is 34.3 Å². The first-order valence-electron chi connectivity index (χ1n) is 7.26. The normalized spacial score (nSPS) is 19.1. The van der Waals surface area contributed by atoms with E-state index in [-0.39, 0.29) is 12.0 Å². The minimum absolute atomic E-state index is 0.110. The summed E-state index contributed by atoms with van der Waals surface area (Å²) in [7, 11) is 0. The zero-order valence-corrected chi connectivity index (χ0v) is 14.2. The average Bonchev–Trinajstić information content (AvgIpc) is 2.51. The van der Waals surface area contributed by atoms with Crippen LogP contribution in [0, 0.1) is 0 Å². The lowest BCUT2D eigenvalue weighted by atomic mass is 10.2. The summed E-state index contributed by atoms with van der Waals surface area (Å²) in [6, 6.07) is 7.22. The number of benzene rings is 1. The highest BCUT2D eigenvalue weighted by molar-refractivity contribution is 9.10. The van der Waals surface area contributed by atoms with Crippen LogP contribution in [0.5, 0.6) is 0 Å². The van der Waals surface area contributed by atoms with Crippen LogP contribution in [0.25, 0.3) is 0 Å². The summed E-state index contributed by atoms with van der Waals surface area (Å²) in [6.07, 6.45) is 0.166. The van der Waals surface area contributed by atoms with E-state index in [0.29, 0.717) is 31.2 Å². The first-order chi connectivity index (χ1) is 10.6. The molecule has 1 fully saturated rings. The van der Waals surface area contributed by atoms with Crippen molar-refractivity contribution in [3.63, 3.8) is 0 Å². The number of nitrogens with two attached hydrogens (primary N) is 1. The van der Waals surface area contributed by atoms with E-state index >= 15 is 0 Å². The number of carbonyl (C=O) groups is 1. The zero-order chi connectivity index (χ0) is 15.9. The number of hydrogen-bond donors (Lipinski definition) is 2. The lowest BCUT2D eigenvalue weighted by Gasteiger charge is -2.31. The molecule has 0 bridgehead atoms. The number of rotatable bonds is 4. The lowest BCUT2D eigenvalue weighted by molar-refractivity contribution is 0.00530. The van der Waals surface area contributed by atoms with Gasteiger partial charge in [-0.1, -0.05) is 15.9 Å². The van der Waals surface area contributed by atoms with Gasteiger partial charge in [-0.15, -0.1) is 0 Å². The molecular formula is C15H21BrN4O2. The molecule has 120 valence electrons. The maximum atomic E-state index is 11.9. The summed E-state index contributed by atoms with van der Waals surface area (Å²) in [4.78, 5) is 18.2. The SMILES string of the molecule is CC1CN(C(N)=NCCNC(=O)c2ccc(Br)cc2)CCO1. The van der Waals surface area contributed by atoms with Gasteiger partial charge in [-0.3, -0.25) is 9.79 Å². The Labute approximate surface area is 138 Å². The van der Waals surface area contributed by atoms with Crippen LogP contribution in [0.4, 0.5) is 0 Å². The zero-order valence-electron chi connectivity index (χ0n) is 12.6. The number of amides is 1. The molecule has 1 aromatic rings. The van der Waals surface area contributed by atoms with E-state index in [1.807, 2.05) is 24.0 Å². The van der Waals surface area contributed by atoms with Crippen molar-refractivity contribution < 1.29 is 9.53 Å². The van der Waals surface area contributed by atoms with Gasteiger partial charge in [0.1, 0.15) is 0 Å². The van der Waals surface area contributed by atoms with Crippen molar-refractivity contribution in [1.82, 2.24) is 10.2 Å². The average molecular weight is 369 g/mol. The molecule has 7 heteroatoms. The molecular weight excluding hydrogens is 348 g/mol. The first kappa shape index (κ1) is 16.8. The summed E-state index contributed by atoms with van der Waals surface area (Å²) in [5.41, 5.74) is 6.58. The number of nitrogens with one attached hydrogen (secondary N) is 1. The summed E-state index contributed by atoms with van der Waals surface area (Å²) < 4.78 is 6.41. The Hall–Kier alpha value is -1.60. The molecule has 0 radical (unpaired) electrons. The second kappa shape index (κ2) is 8.14. The van der Waals surface area contributed by atoms with Crippen LogP contribution in [-0.4, -0.2) is 55.7 Å². The largest absolute Gasteiger partial charge is 0.375 e. The quantitative estimate of drug-likeness (QED) is 0.475. The fourth-order valence-electron chi connectivity index (χ4n) is 2.17. The van der Waals surface area contributed by atoms with Crippen molar-refractivity contribution in [2.24, 2.45) is 10.7 Å². The number of nitrogens with zero attached hydrogens (tertiary/aromatic N) is 2. The molecule has 2 rings (SSSR count). The molecule has 1 unspecified atom stereocenters. The molecule has 1 heterocycles. The number of morpholine rings is 1. The third-order valence-corrected chi connectivity index (χ3v) is 3.87. The summed E-state index contributed by atoms with van der Waals surface area (Å²) in [6.45, 7) is 5.09. The van der Waals surface area contributed by atoms with E-state index < -0.39 is 0 Å². The van der Waals surface area contributed by atoms with Gasteiger partial charge in [0, 0.05) is 29.7 Å². The number of hydrogen-bond acceptors (Lipinski definition) is 3. The van der Waals surface area contributed by atoms with E-state index in [0.717, 1.165) is 17.6 Å². The van der Waals surface area contributed by atoms with E-state index in [1.165, 1.54) is 0 Å². The van der Waals surface area contributed by atoms with Crippen molar-refractivity contribution in [1.29, 1.82) is 0 Å². The molecule has 1 saturated heterocycles. The van der Waals surface area contributed by atoms with Crippen LogP contribution in [-0.2, 0) is 4.74 Å². The number of halogens is 1. The Balaban J connectivity index is 1.74. The smallest absolute Gasteiger partial charge is 0.251 e. The Kier molecular flexibility index (Phi) is 6.21. The van der Waals surface area contributed by atoms with Gasteiger partial charge in [0.2, 0.25) is 0 Å². The Morgan fingerprint density at radius 1 is 1.50 bits per heavy atom. The van der Waals surface area contributed by atoms with Crippen molar-refractivity contribution in [2.75, 3.05) is 32.8 Å². The summed E-state index contributed by atoms with van der Waals surface area (Å²) in [5, 5.41) is 2.83. The van der Waals surface area contributed by atoms with Gasteiger partial charge in [0.25, 0.3) is 5.91 Å². The van der Waals surface area contributed by atoms with E-state index in [1.54, 1.807) is 12.1 Å². The van der Waals surface area contributed by atoms with Gasteiger partial charge in [0.05, 0.1) is 19.3 Å². The van der Waals surface area contributed by atoms with Gasteiger partial charge in [-0.2, -0.15) is 0 Å². The van der Waals surface area contributed by atoms with Gasteiger partial charge < -0.3 is 20.7 Å². The molecule has 1 aliphatic rings. The van der Waals surface area contributed by atoms with Gasteiger partial charge >= 0.3 is 0 Å². The number of guanidine groups is 1. The highest BCUT2D eigenvalue weighted by atomic mass is 79.9. The standard InChI is InChI=1S/C15H21BrN4O2/c1-11-10-20(8-9-22-11)15(17)19-7-6-18-14(21)12-2-4-13(16)5-3-12/h2-5,11H,6-10H2,1H3,(H2,17,19)(H,18,21). The van der Waals surface area contributed by atoms with E-state index in [9.17, 15) is 4.79 Å². The Morgan fingerprint density at radius 3 is 2.91 bits per heavy atom. The molecule has 3 N–H and O–H groups in total. The molecule has 0 aromatic heterocycles. The fourth-order valence-corrected chi connectivity index (χ4v) is 2.43. The minimum atomic E-state index is -0.110. The number of ether oxygens (including phenoxy) is 1. The highest BCUT2D eigenvalue weighted by Gasteiger charge is 2.17. The summed E-state index contributed by atoms with van der Waals surface area (Å²) >= 11 is 3.34. The molecule has 1 aromatic carbocycles. The lowest BCUT2D eigenvalue weighted by Crippen LogP contribution is -2.48. The minimum Gasteiger partial charge on any atom is -0.375 e. The number of aliphatic imine (C=N–C) groups is 1. The van der Waals surface area contributed by atoms with Gasteiger partial charge in [-0.25, -0.2) is 0 Å². The Morgan fingerprint density at radius 2 is 2.23 bits per heavy atom. The van der Waals surface area contributed by atoms with Crippen LogP contribution in [0.15, 0.2) is 33.7 Å². The maximum Gasteiger partial charge on any atom is 0.251 e. The Bertz CT molecular complexity index is 533. The predicted octanol–water partition coefficient (Wildman–Crippen LogP) is 1.21. The topological polar surface area (TPSA) is 80.0 Å². The van der Waals surface area contributed by atoms with Crippen LogP contribution >= 0.6 is 15.9 Å². The summed E-state index contributed by atoms with van der Waals surface area (Å²) in [5.74, 6) is 0.398. The fraction of sp³-hybridized carbons (Fsp3) is 0.467. The molecule has 0 spiro atoms. The monoisotopic (exact) mass is 368 g/mol. The first-order valence-corrected chi connectivity index (χ1v) is 8.06. The van der Waals surface area contributed by atoms with Crippen molar-refractivity contribution in [2.45, 2.75) is 13.0 Å². The van der Waals surface area contributed by atoms with Crippen LogP contribution in [0.1, 0.15) is 17.3 Å². The molecule has 1 aliphatic heterocycles. The molecule has 22 heavy (non-hydrogen) atoms. The predicted molar refractivity (Wildman–Crippen MR) is 90.0 cm³/mol. The number of carbonyl (C=O) groups excluding carboxylic acids is 1. The third-order valence-electron chi connectivity index (χ3n) is 3.34. The molecule has 1 amide bonds. The van der Waals surface area contributed by atoms with Gasteiger partial charge in [0.15, 0.2) is 5.96 Å². The third kappa shape index (κ3) is 4.99.